The number of nitrogens with one attached hydrogen (secondary N) is 2. The molecule has 7 heteroatoms. The number of piperidine rings is 1. The molecule has 1 atom stereocenters. The fraction of sp³-hybridized carbons (Fsp3) is 0.435. The average molecular weight is 430 g/mol. The summed E-state index contributed by atoms with van der Waals surface area (Å²) in [6.45, 7) is 7.54. The fourth-order valence-electron chi connectivity index (χ4n) is 3.94. The van der Waals surface area contributed by atoms with Gasteiger partial charge in [0, 0.05) is 17.3 Å². The summed E-state index contributed by atoms with van der Waals surface area (Å²) >= 11 is 0. The number of carbonyl (C=O) groups is 1. The van der Waals surface area contributed by atoms with Gasteiger partial charge >= 0.3 is 0 Å². The minimum Gasteiger partial charge on any atom is -0.322 e. The molecule has 0 aliphatic carbocycles. The number of nitrogens with zero attached hydrogens (tertiary/aromatic N) is 1. The zero-order valence-corrected chi connectivity index (χ0v) is 18.9. The molecule has 2 N–H and O–H groups in total. The lowest BCUT2D eigenvalue weighted by Gasteiger charge is -2.33. The first-order valence-corrected chi connectivity index (χ1v) is 11.8. The number of hydrogen-bond acceptors (Lipinski definition) is 4. The highest BCUT2D eigenvalue weighted by atomic mass is 32.2. The van der Waals surface area contributed by atoms with Crippen molar-refractivity contribution < 1.29 is 13.2 Å². The SMILES string of the molecule is Cc1c(NC(=O)c2ccccc2)ccc(S(=O)(=O)N[C@H](C)C2CCN(C)CC2)c1C. The predicted octanol–water partition coefficient (Wildman–Crippen LogP) is 3.56. The first-order chi connectivity index (χ1) is 14.2. The standard InChI is InChI=1S/C23H31N3O3S/c1-16-17(2)22(11-10-21(16)24-23(27)20-8-6-5-7-9-20)30(28,29)25-18(3)19-12-14-26(4)15-13-19/h5-11,18-19,25H,12-15H2,1-4H3,(H,24,27)/t18-/m1/s1. The Morgan fingerprint density at radius 1 is 1.03 bits per heavy atom. The second kappa shape index (κ2) is 9.29. The molecule has 2 aromatic carbocycles. The lowest BCUT2D eigenvalue weighted by Crippen LogP contribution is -2.43. The zero-order valence-electron chi connectivity index (χ0n) is 18.1. The second-order valence-electron chi connectivity index (χ2n) is 8.23. The van der Waals surface area contributed by atoms with Gasteiger partial charge in [-0.2, -0.15) is 0 Å². The van der Waals surface area contributed by atoms with Gasteiger partial charge in [-0.1, -0.05) is 18.2 Å². The van der Waals surface area contributed by atoms with E-state index < -0.39 is 10.0 Å². The van der Waals surface area contributed by atoms with Gasteiger partial charge < -0.3 is 10.2 Å². The Balaban J connectivity index is 1.76. The normalized spacial score (nSPS) is 16.9. The molecule has 1 amide bonds. The van der Waals surface area contributed by atoms with Crippen LogP contribution < -0.4 is 10.0 Å². The number of sulfonamides is 1. The van der Waals surface area contributed by atoms with Crippen LogP contribution in [0, 0.1) is 19.8 Å². The van der Waals surface area contributed by atoms with E-state index in [1.165, 1.54) is 0 Å². The van der Waals surface area contributed by atoms with Crippen molar-refractivity contribution in [1.82, 2.24) is 9.62 Å². The molecule has 1 aliphatic heterocycles. The molecule has 1 saturated heterocycles. The van der Waals surface area contributed by atoms with Gasteiger partial charge in [-0.05, 0) is 95.1 Å². The molecule has 0 spiro atoms. The third-order valence-corrected chi connectivity index (χ3v) is 7.83. The molecule has 0 unspecified atom stereocenters. The maximum atomic E-state index is 13.1. The maximum absolute atomic E-state index is 13.1. The monoisotopic (exact) mass is 429 g/mol. The Bertz CT molecular complexity index is 998. The molecule has 1 aliphatic rings. The number of anilines is 1. The lowest BCUT2D eigenvalue weighted by molar-refractivity contribution is 0.102. The van der Waals surface area contributed by atoms with Gasteiger partial charge in [0.25, 0.3) is 5.91 Å². The Morgan fingerprint density at radius 2 is 1.67 bits per heavy atom. The Kier molecular flexibility index (Phi) is 6.95. The van der Waals surface area contributed by atoms with Crippen molar-refractivity contribution in [3.8, 4) is 0 Å². The predicted molar refractivity (Wildman–Crippen MR) is 120 cm³/mol. The summed E-state index contributed by atoms with van der Waals surface area (Å²) in [5, 5.41) is 2.88. The minimum absolute atomic E-state index is 0.124. The molecule has 0 bridgehead atoms. The highest BCUT2D eigenvalue weighted by Gasteiger charge is 2.28. The van der Waals surface area contributed by atoms with Crippen molar-refractivity contribution in [2.45, 2.75) is 44.6 Å². The molecule has 1 heterocycles. The first kappa shape index (κ1) is 22.5. The van der Waals surface area contributed by atoms with E-state index in [0.717, 1.165) is 31.5 Å². The zero-order chi connectivity index (χ0) is 21.9. The van der Waals surface area contributed by atoms with Gasteiger partial charge in [0.05, 0.1) is 4.90 Å². The van der Waals surface area contributed by atoms with Crippen LogP contribution in [0.1, 0.15) is 41.3 Å². The minimum atomic E-state index is -3.65. The van der Waals surface area contributed by atoms with E-state index in [0.29, 0.717) is 22.7 Å². The van der Waals surface area contributed by atoms with E-state index in [4.69, 9.17) is 0 Å². The van der Waals surface area contributed by atoms with E-state index in [-0.39, 0.29) is 16.8 Å². The molecule has 1 fully saturated rings. The third-order valence-electron chi connectivity index (χ3n) is 6.12. The van der Waals surface area contributed by atoms with Crippen LogP contribution in [0.2, 0.25) is 0 Å². The molecule has 2 aromatic rings. The van der Waals surface area contributed by atoms with Crippen molar-refractivity contribution in [3.63, 3.8) is 0 Å². The summed E-state index contributed by atoms with van der Waals surface area (Å²) in [5.74, 6) is 0.115. The highest BCUT2D eigenvalue weighted by Crippen LogP contribution is 2.27. The number of carbonyl (C=O) groups excluding carboxylic acids is 1. The molecular formula is C23H31N3O3S. The Morgan fingerprint density at radius 3 is 2.30 bits per heavy atom. The van der Waals surface area contributed by atoms with Gasteiger partial charge in [-0.25, -0.2) is 13.1 Å². The summed E-state index contributed by atoms with van der Waals surface area (Å²) < 4.78 is 29.0. The summed E-state index contributed by atoms with van der Waals surface area (Å²) in [6.07, 6.45) is 1.98. The Labute approximate surface area is 179 Å². The molecule has 0 saturated carbocycles. The maximum Gasteiger partial charge on any atom is 0.255 e. The molecule has 162 valence electrons. The molecule has 30 heavy (non-hydrogen) atoms. The third kappa shape index (κ3) is 5.09. The molecule has 0 radical (unpaired) electrons. The quantitative estimate of drug-likeness (QED) is 0.736. The smallest absolute Gasteiger partial charge is 0.255 e. The van der Waals surface area contributed by atoms with Gasteiger partial charge in [0.1, 0.15) is 0 Å². The second-order valence-corrected chi connectivity index (χ2v) is 9.91. The number of likely N-dealkylation sites (tertiary alicyclic amines) is 1. The van der Waals surface area contributed by atoms with Crippen molar-refractivity contribution in [2.75, 3.05) is 25.5 Å². The van der Waals surface area contributed by atoms with E-state index in [1.807, 2.05) is 19.9 Å². The van der Waals surface area contributed by atoms with Crippen LogP contribution >= 0.6 is 0 Å². The van der Waals surface area contributed by atoms with Crippen LogP contribution in [-0.2, 0) is 10.0 Å². The topological polar surface area (TPSA) is 78.5 Å². The van der Waals surface area contributed by atoms with Gasteiger partial charge in [0.2, 0.25) is 10.0 Å². The lowest BCUT2D eigenvalue weighted by atomic mass is 9.91. The highest BCUT2D eigenvalue weighted by molar-refractivity contribution is 7.89. The summed E-state index contributed by atoms with van der Waals surface area (Å²) in [5.41, 5.74) is 2.56. The average Bonchev–Trinajstić information content (AvgIpc) is 2.72. The number of hydrogen-bond donors (Lipinski definition) is 2. The van der Waals surface area contributed by atoms with Crippen molar-refractivity contribution >= 4 is 21.6 Å². The summed E-state index contributed by atoms with van der Waals surface area (Å²) in [7, 11) is -1.56. The Hall–Kier alpha value is -2.22. The van der Waals surface area contributed by atoms with Crippen molar-refractivity contribution in [2.24, 2.45) is 5.92 Å². The van der Waals surface area contributed by atoms with Crippen LogP contribution in [0.25, 0.3) is 0 Å². The van der Waals surface area contributed by atoms with Crippen LogP contribution in [0.5, 0.6) is 0 Å². The molecule has 3 rings (SSSR count). The van der Waals surface area contributed by atoms with E-state index in [2.05, 4.69) is 22.0 Å². The first-order valence-electron chi connectivity index (χ1n) is 10.4. The fourth-order valence-corrected chi connectivity index (χ4v) is 5.55. The van der Waals surface area contributed by atoms with Crippen LogP contribution in [0.3, 0.4) is 0 Å². The number of amides is 1. The summed E-state index contributed by atoms with van der Waals surface area (Å²) in [4.78, 5) is 15.0. The number of benzene rings is 2. The summed E-state index contributed by atoms with van der Waals surface area (Å²) in [6, 6.07) is 12.1. The number of rotatable bonds is 6. The molecular weight excluding hydrogens is 398 g/mol. The molecule has 6 nitrogen and oxygen atoms in total. The largest absolute Gasteiger partial charge is 0.322 e. The van der Waals surface area contributed by atoms with Crippen LogP contribution in [0.4, 0.5) is 5.69 Å². The van der Waals surface area contributed by atoms with Gasteiger partial charge in [0.15, 0.2) is 0 Å². The van der Waals surface area contributed by atoms with Crippen molar-refractivity contribution in [1.29, 1.82) is 0 Å². The van der Waals surface area contributed by atoms with Crippen LogP contribution in [-0.4, -0.2) is 45.4 Å². The van der Waals surface area contributed by atoms with E-state index >= 15 is 0 Å². The van der Waals surface area contributed by atoms with E-state index in [9.17, 15) is 13.2 Å². The van der Waals surface area contributed by atoms with E-state index in [1.54, 1.807) is 43.3 Å². The van der Waals surface area contributed by atoms with Crippen molar-refractivity contribution in [3.05, 3.63) is 59.2 Å². The molecule has 0 aromatic heterocycles. The van der Waals surface area contributed by atoms with Gasteiger partial charge in [-0.3, -0.25) is 4.79 Å². The van der Waals surface area contributed by atoms with Gasteiger partial charge in [-0.15, -0.1) is 0 Å². The van der Waals surface area contributed by atoms with Crippen LogP contribution in [0.15, 0.2) is 47.4 Å².